The van der Waals surface area contributed by atoms with Crippen LogP contribution in [0, 0.1) is 0 Å². The second-order valence-corrected chi connectivity index (χ2v) is 8.27. The van der Waals surface area contributed by atoms with Crippen LogP contribution in [-0.2, 0) is 11.3 Å². The van der Waals surface area contributed by atoms with Gasteiger partial charge < -0.3 is 20.5 Å². The van der Waals surface area contributed by atoms with Crippen molar-refractivity contribution in [2.24, 2.45) is 0 Å². The summed E-state index contributed by atoms with van der Waals surface area (Å²) in [7, 11) is 0. The quantitative estimate of drug-likeness (QED) is 0.283. The Hall–Kier alpha value is -4.70. The molecule has 0 atom stereocenters. The molecule has 11 heteroatoms. The van der Waals surface area contributed by atoms with Gasteiger partial charge in [-0.1, -0.05) is 36.7 Å². The maximum absolute atomic E-state index is 13.2. The van der Waals surface area contributed by atoms with Crippen LogP contribution in [0.25, 0.3) is 0 Å². The van der Waals surface area contributed by atoms with E-state index in [2.05, 4.69) is 20.6 Å². The summed E-state index contributed by atoms with van der Waals surface area (Å²) in [5, 5.41) is 15.4. The molecule has 0 aliphatic carbocycles. The lowest BCUT2D eigenvalue weighted by Crippen LogP contribution is -2.28. The van der Waals surface area contributed by atoms with Crippen molar-refractivity contribution in [1.29, 1.82) is 0 Å². The number of carboxylic acids is 1. The number of rotatable bonds is 9. The summed E-state index contributed by atoms with van der Waals surface area (Å²) in [6.07, 6.45) is 1.54. The van der Waals surface area contributed by atoms with Gasteiger partial charge >= 0.3 is 5.97 Å². The number of aromatic carboxylic acids is 1. The van der Waals surface area contributed by atoms with Gasteiger partial charge in [-0.25, -0.2) is 14.8 Å². The third kappa shape index (κ3) is 6.50. The number of nitrogens with one attached hydrogen (secondary N) is 2. The van der Waals surface area contributed by atoms with Crippen LogP contribution in [0.4, 0.5) is 17.3 Å². The molecule has 0 saturated carbocycles. The summed E-state index contributed by atoms with van der Waals surface area (Å²) >= 11 is 5.99. The smallest absolute Gasteiger partial charge is 0.354 e. The third-order valence-electron chi connectivity index (χ3n) is 5.17. The van der Waals surface area contributed by atoms with Crippen molar-refractivity contribution in [2.75, 3.05) is 10.6 Å². The van der Waals surface area contributed by atoms with Crippen molar-refractivity contribution in [3.63, 3.8) is 0 Å². The van der Waals surface area contributed by atoms with Crippen LogP contribution in [0.1, 0.15) is 29.4 Å². The fourth-order valence-electron chi connectivity index (χ4n) is 3.28. The van der Waals surface area contributed by atoms with Crippen LogP contribution in [0.15, 0.2) is 77.7 Å². The Morgan fingerprint density at radius 3 is 2.46 bits per heavy atom. The number of nitrogens with zero attached hydrogens (tertiary/aromatic N) is 3. The first-order valence-electron chi connectivity index (χ1n) is 11.2. The lowest BCUT2D eigenvalue weighted by Gasteiger charge is -2.16. The topological polar surface area (TPSA) is 135 Å². The van der Waals surface area contributed by atoms with Gasteiger partial charge in [-0.05, 0) is 48.0 Å². The van der Waals surface area contributed by atoms with Gasteiger partial charge in [0.2, 0.25) is 17.7 Å². The highest BCUT2D eigenvalue weighted by atomic mass is 35.5. The zero-order valence-electron chi connectivity index (χ0n) is 19.6. The molecule has 2 heterocycles. The number of ether oxygens (including phenoxy) is 1. The largest absolute Gasteiger partial charge is 0.477 e. The van der Waals surface area contributed by atoms with Gasteiger partial charge in [-0.2, -0.15) is 0 Å². The second-order valence-electron chi connectivity index (χ2n) is 7.83. The molecule has 0 radical (unpaired) electrons. The number of benzene rings is 2. The number of pyridine rings is 1. The number of halogens is 1. The Morgan fingerprint density at radius 2 is 1.78 bits per heavy atom. The molecular weight excluding hydrogens is 498 g/mol. The van der Waals surface area contributed by atoms with Crippen molar-refractivity contribution in [3.8, 4) is 11.6 Å². The Balaban J connectivity index is 1.58. The molecule has 2 aromatic heterocycles. The van der Waals surface area contributed by atoms with Crippen molar-refractivity contribution >= 4 is 40.8 Å². The van der Waals surface area contributed by atoms with Gasteiger partial charge in [0, 0.05) is 23.2 Å². The SMILES string of the molecule is CCC(=O)Nc1cnc(Nc2ccc(Oc3cccc(C(=O)O)n3)cc2)n(Cc2ccc(Cl)cc2)c1=O. The van der Waals surface area contributed by atoms with E-state index in [1.54, 1.807) is 67.6 Å². The standard InChI is InChI=1S/C26H22ClN5O5/c1-2-22(33)30-21-14-28-26(32(24(21)34)15-16-6-8-17(27)9-7-16)29-18-10-12-19(13-11-18)37-23-5-3-4-20(31-23)25(35)36/h3-14H,2,15H2,1H3,(H,28,29)(H,30,33)(H,35,36). The molecule has 37 heavy (non-hydrogen) atoms. The molecule has 2 aromatic carbocycles. The fraction of sp³-hybridized carbons (Fsp3) is 0.115. The Morgan fingerprint density at radius 1 is 1.05 bits per heavy atom. The van der Waals surface area contributed by atoms with Gasteiger partial charge in [0.15, 0.2) is 5.69 Å². The highest BCUT2D eigenvalue weighted by Crippen LogP contribution is 2.24. The van der Waals surface area contributed by atoms with Gasteiger partial charge in [0.1, 0.15) is 11.4 Å². The van der Waals surface area contributed by atoms with E-state index in [0.29, 0.717) is 16.5 Å². The summed E-state index contributed by atoms with van der Waals surface area (Å²) < 4.78 is 7.06. The first-order chi connectivity index (χ1) is 17.8. The van der Waals surface area contributed by atoms with Gasteiger partial charge in [-0.15, -0.1) is 0 Å². The molecule has 188 valence electrons. The molecule has 4 aromatic rings. The average Bonchev–Trinajstić information content (AvgIpc) is 2.90. The summed E-state index contributed by atoms with van der Waals surface area (Å²) in [4.78, 5) is 44.5. The van der Waals surface area contributed by atoms with Crippen molar-refractivity contribution in [2.45, 2.75) is 19.9 Å². The minimum absolute atomic E-state index is 0.0752. The zero-order valence-corrected chi connectivity index (χ0v) is 20.4. The summed E-state index contributed by atoms with van der Waals surface area (Å²) in [5.74, 6) is -0.605. The fourth-order valence-corrected chi connectivity index (χ4v) is 3.41. The first kappa shape index (κ1) is 25.4. The van der Waals surface area contributed by atoms with Crippen molar-refractivity contribution in [3.05, 3.63) is 99.6 Å². The first-order valence-corrected chi connectivity index (χ1v) is 11.6. The molecule has 10 nitrogen and oxygen atoms in total. The van der Waals surface area contributed by atoms with E-state index < -0.39 is 11.5 Å². The van der Waals surface area contributed by atoms with Gasteiger partial charge in [-0.3, -0.25) is 14.2 Å². The maximum atomic E-state index is 13.2. The minimum Gasteiger partial charge on any atom is -0.477 e. The molecule has 0 spiro atoms. The van der Waals surface area contributed by atoms with E-state index >= 15 is 0 Å². The number of aromatic nitrogens is 3. The monoisotopic (exact) mass is 519 g/mol. The molecule has 1 amide bonds. The predicted octanol–water partition coefficient (Wildman–Crippen LogP) is 4.92. The van der Waals surface area contributed by atoms with Crippen molar-refractivity contribution < 1.29 is 19.4 Å². The number of anilines is 3. The van der Waals surface area contributed by atoms with Crippen LogP contribution in [0.3, 0.4) is 0 Å². The molecule has 4 rings (SSSR count). The second kappa shape index (κ2) is 11.4. The van der Waals surface area contributed by atoms with Crippen LogP contribution >= 0.6 is 11.6 Å². The third-order valence-corrected chi connectivity index (χ3v) is 5.42. The Labute approximate surface area is 216 Å². The Kier molecular flexibility index (Phi) is 7.80. The minimum atomic E-state index is -1.15. The number of carbonyl (C=O) groups is 2. The van der Waals surface area contributed by atoms with Gasteiger partial charge in [0.05, 0.1) is 12.7 Å². The summed E-state index contributed by atoms with van der Waals surface area (Å²) in [6, 6.07) is 18.3. The highest BCUT2D eigenvalue weighted by molar-refractivity contribution is 6.30. The molecule has 0 bridgehead atoms. The van der Waals surface area contributed by atoms with E-state index in [4.69, 9.17) is 21.4 Å². The molecule has 0 saturated heterocycles. The van der Waals surface area contributed by atoms with Crippen molar-refractivity contribution in [1.82, 2.24) is 14.5 Å². The normalized spacial score (nSPS) is 10.5. The number of hydrogen-bond donors (Lipinski definition) is 3. The zero-order chi connectivity index (χ0) is 26.4. The van der Waals surface area contributed by atoms with E-state index in [-0.39, 0.29) is 42.1 Å². The molecular formula is C26H22ClN5O5. The molecule has 0 aliphatic heterocycles. The number of hydrogen-bond acceptors (Lipinski definition) is 7. The predicted molar refractivity (Wildman–Crippen MR) is 139 cm³/mol. The summed E-state index contributed by atoms with van der Waals surface area (Å²) in [6.45, 7) is 1.88. The van der Waals surface area contributed by atoms with Crippen LogP contribution in [-0.4, -0.2) is 31.5 Å². The maximum Gasteiger partial charge on any atom is 0.354 e. The average molecular weight is 520 g/mol. The summed E-state index contributed by atoms with van der Waals surface area (Å²) in [5.41, 5.74) is 0.959. The number of carboxylic acid groups (broad SMARTS) is 1. The van der Waals surface area contributed by atoms with Crippen LogP contribution < -0.4 is 20.9 Å². The number of amides is 1. The number of carbonyl (C=O) groups excluding carboxylic acids is 1. The molecule has 0 aliphatic rings. The van der Waals surface area contributed by atoms with Crippen LogP contribution in [0.2, 0.25) is 5.02 Å². The highest BCUT2D eigenvalue weighted by Gasteiger charge is 2.14. The molecule has 0 unspecified atom stereocenters. The van der Waals surface area contributed by atoms with E-state index in [9.17, 15) is 14.4 Å². The van der Waals surface area contributed by atoms with E-state index in [1.807, 2.05) is 0 Å². The molecule has 3 N–H and O–H groups in total. The van der Waals surface area contributed by atoms with E-state index in [0.717, 1.165) is 5.56 Å². The van der Waals surface area contributed by atoms with E-state index in [1.165, 1.54) is 16.8 Å². The lowest BCUT2D eigenvalue weighted by atomic mass is 10.2. The van der Waals surface area contributed by atoms with Crippen LogP contribution in [0.5, 0.6) is 11.6 Å². The lowest BCUT2D eigenvalue weighted by molar-refractivity contribution is -0.115. The van der Waals surface area contributed by atoms with Gasteiger partial charge in [0.25, 0.3) is 5.56 Å². The molecule has 0 fully saturated rings. The Bertz CT molecular complexity index is 1490.